The van der Waals surface area contributed by atoms with Crippen molar-refractivity contribution in [2.45, 2.75) is 31.5 Å². The number of nitrogens with two attached hydrogens (primary N) is 1. The molecule has 0 spiro atoms. The smallest absolute Gasteiger partial charge is 0.324 e. The summed E-state index contributed by atoms with van der Waals surface area (Å²) in [6, 6.07) is 2.68. The standard InChI is InChI=1S/C14H15F4N/c15-12-6-7(1-2-11(12)14(16,17)18)13(19)10-4-8-3-9(8)5-10/h1-2,6,8-10,13H,3-5,19H2. The minimum atomic E-state index is -4.65. The lowest BCUT2D eigenvalue weighted by molar-refractivity contribution is -0.140. The lowest BCUT2D eigenvalue weighted by Gasteiger charge is -2.21. The molecule has 1 aromatic rings. The molecule has 3 atom stereocenters. The molecule has 2 N–H and O–H groups in total. The van der Waals surface area contributed by atoms with E-state index in [9.17, 15) is 17.6 Å². The number of alkyl halides is 3. The van der Waals surface area contributed by atoms with Crippen LogP contribution in [0, 0.1) is 23.6 Å². The van der Waals surface area contributed by atoms with E-state index in [1.54, 1.807) is 0 Å². The summed E-state index contributed by atoms with van der Waals surface area (Å²) < 4.78 is 50.9. The SMILES string of the molecule is NC(c1ccc(C(F)(F)F)c(F)c1)C1CC2CC2C1. The van der Waals surface area contributed by atoms with Gasteiger partial charge in [0.05, 0.1) is 5.56 Å². The van der Waals surface area contributed by atoms with Crippen molar-refractivity contribution in [3.63, 3.8) is 0 Å². The number of fused-ring (bicyclic) bond motifs is 1. The number of hydrogen-bond donors (Lipinski definition) is 1. The van der Waals surface area contributed by atoms with Crippen molar-refractivity contribution < 1.29 is 17.6 Å². The van der Waals surface area contributed by atoms with Gasteiger partial charge in [0.2, 0.25) is 0 Å². The van der Waals surface area contributed by atoms with Gasteiger partial charge in [-0.25, -0.2) is 4.39 Å². The zero-order chi connectivity index (χ0) is 13.8. The largest absolute Gasteiger partial charge is 0.419 e. The molecule has 2 aliphatic rings. The summed E-state index contributed by atoms with van der Waals surface area (Å²) >= 11 is 0. The van der Waals surface area contributed by atoms with Crippen LogP contribution in [0.25, 0.3) is 0 Å². The molecule has 1 nitrogen and oxygen atoms in total. The van der Waals surface area contributed by atoms with Gasteiger partial charge in [-0.2, -0.15) is 13.2 Å². The van der Waals surface area contributed by atoms with E-state index >= 15 is 0 Å². The van der Waals surface area contributed by atoms with Crippen LogP contribution in [0.2, 0.25) is 0 Å². The minimum absolute atomic E-state index is 0.278. The fraction of sp³-hybridized carbons (Fsp3) is 0.571. The van der Waals surface area contributed by atoms with E-state index in [-0.39, 0.29) is 12.0 Å². The second kappa shape index (κ2) is 4.20. The van der Waals surface area contributed by atoms with E-state index in [1.807, 2.05) is 0 Å². The van der Waals surface area contributed by atoms with E-state index in [0.717, 1.165) is 36.8 Å². The van der Waals surface area contributed by atoms with E-state index in [0.29, 0.717) is 5.56 Å². The number of hydrogen-bond acceptors (Lipinski definition) is 1. The van der Waals surface area contributed by atoms with Crippen LogP contribution in [0.1, 0.15) is 36.4 Å². The quantitative estimate of drug-likeness (QED) is 0.813. The van der Waals surface area contributed by atoms with Gasteiger partial charge in [-0.15, -0.1) is 0 Å². The van der Waals surface area contributed by atoms with Gasteiger partial charge in [-0.05, 0) is 54.7 Å². The van der Waals surface area contributed by atoms with Crippen LogP contribution in [0.15, 0.2) is 18.2 Å². The maximum Gasteiger partial charge on any atom is 0.419 e. The number of benzene rings is 1. The topological polar surface area (TPSA) is 26.0 Å². The molecule has 0 heterocycles. The van der Waals surface area contributed by atoms with Gasteiger partial charge in [0, 0.05) is 6.04 Å². The van der Waals surface area contributed by atoms with Crippen LogP contribution in [0.5, 0.6) is 0 Å². The molecule has 3 rings (SSSR count). The third kappa shape index (κ3) is 2.36. The zero-order valence-corrected chi connectivity index (χ0v) is 10.3. The highest BCUT2D eigenvalue weighted by molar-refractivity contribution is 5.29. The molecule has 2 saturated carbocycles. The highest BCUT2D eigenvalue weighted by Crippen LogP contribution is 2.56. The molecule has 104 valence electrons. The average molecular weight is 273 g/mol. The van der Waals surface area contributed by atoms with E-state index in [2.05, 4.69) is 0 Å². The first-order valence-corrected chi connectivity index (χ1v) is 6.48. The summed E-state index contributed by atoms with van der Waals surface area (Å²) in [6.45, 7) is 0. The van der Waals surface area contributed by atoms with E-state index < -0.39 is 17.6 Å². The van der Waals surface area contributed by atoms with Gasteiger partial charge in [0.15, 0.2) is 0 Å². The molecule has 0 aliphatic heterocycles. The van der Waals surface area contributed by atoms with Crippen molar-refractivity contribution in [2.24, 2.45) is 23.5 Å². The van der Waals surface area contributed by atoms with Crippen molar-refractivity contribution >= 4 is 0 Å². The monoisotopic (exact) mass is 273 g/mol. The molecule has 5 heteroatoms. The van der Waals surface area contributed by atoms with E-state index in [4.69, 9.17) is 5.73 Å². The molecule has 1 aromatic carbocycles. The maximum absolute atomic E-state index is 13.5. The van der Waals surface area contributed by atoms with Crippen LogP contribution in [0.4, 0.5) is 17.6 Å². The molecule has 19 heavy (non-hydrogen) atoms. The highest BCUT2D eigenvalue weighted by atomic mass is 19.4. The van der Waals surface area contributed by atoms with Crippen molar-refractivity contribution in [1.29, 1.82) is 0 Å². The van der Waals surface area contributed by atoms with Crippen LogP contribution < -0.4 is 5.73 Å². The summed E-state index contributed by atoms with van der Waals surface area (Å²) in [4.78, 5) is 0. The summed E-state index contributed by atoms with van der Waals surface area (Å²) in [6.07, 6.45) is -1.35. The summed E-state index contributed by atoms with van der Waals surface area (Å²) in [5.41, 5.74) is 5.31. The predicted molar refractivity (Wildman–Crippen MR) is 62.7 cm³/mol. The van der Waals surface area contributed by atoms with Gasteiger partial charge < -0.3 is 5.73 Å². The first-order valence-electron chi connectivity index (χ1n) is 6.48. The Morgan fingerprint density at radius 3 is 2.26 bits per heavy atom. The van der Waals surface area contributed by atoms with Gasteiger partial charge in [0.1, 0.15) is 5.82 Å². The second-order valence-electron chi connectivity index (χ2n) is 5.75. The maximum atomic E-state index is 13.5. The fourth-order valence-corrected chi connectivity index (χ4v) is 3.30. The summed E-state index contributed by atoms with van der Waals surface area (Å²) in [7, 11) is 0. The van der Waals surface area contributed by atoms with Crippen molar-refractivity contribution in [2.75, 3.05) is 0 Å². The van der Waals surface area contributed by atoms with Gasteiger partial charge >= 0.3 is 6.18 Å². The lowest BCUT2D eigenvalue weighted by Crippen LogP contribution is -2.21. The summed E-state index contributed by atoms with van der Waals surface area (Å²) in [5.74, 6) is 0.536. The Balaban J connectivity index is 1.79. The molecular formula is C14H15F4N. The number of rotatable bonds is 2. The third-order valence-corrected chi connectivity index (χ3v) is 4.47. The molecule has 0 saturated heterocycles. The normalized spacial score (nSPS) is 31.1. The van der Waals surface area contributed by atoms with Crippen molar-refractivity contribution in [1.82, 2.24) is 0 Å². The number of halogens is 4. The molecule has 0 amide bonds. The van der Waals surface area contributed by atoms with Crippen LogP contribution >= 0.6 is 0 Å². The zero-order valence-electron chi connectivity index (χ0n) is 10.3. The molecule has 3 unspecified atom stereocenters. The Labute approximate surface area is 108 Å². The molecular weight excluding hydrogens is 258 g/mol. The van der Waals surface area contributed by atoms with Gasteiger partial charge in [-0.1, -0.05) is 6.07 Å². The van der Waals surface area contributed by atoms with E-state index in [1.165, 1.54) is 12.5 Å². The Kier molecular flexibility index (Phi) is 2.85. The minimum Gasteiger partial charge on any atom is -0.324 e. The second-order valence-corrected chi connectivity index (χ2v) is 5.75. The lowest BCUT2D eigenvalue weighted by atomic mass is 9.89. The first-order chi connectivity index (χ1) is 8.86. The predicted octanol–water partition coefficient (Wildman–Crippen LogP) is 3.89. The Hall–Kier alpha value is -1.10. The molecule has 2 fully saturated rings. The molecule has 2 aliphatic carbocycles. The average Bonchev–Trinajstić information content (AvgIpc) is 2.93. The summed E-state index contributed by atoms with van der Waals surface area (Å²) in [5, 5.41) is 0. The Morgan fingerprint density at radius 2 is 1.74 bits per heavy atom. The first kappa shape index (κ1) is 12.9. The van der Waals surface area contributed by atoms with Gasteiger partial charge in [0.25, 0.3) is 0 Å². The molecule has 0 bridgehead atoms. The highest BCUT2D eigenvalue weighted by Gasteiger charge is 2.47. The molecule has 0 aromatic heterocycles. The third-order valence-electron chi connectivity index (χ3n) is 4.47. The Morgan fingerprint density at radius 1 is 1.11 bits per heavy atom. The Bertz CT molecular complexity index is 487. The van der Waals surface area contributed by atoms with Crippen molar-refractivity contribution in [3.05, 3.63) is 35.1 Å². The van der Waals surface area contributed by atoms with Crippen LogP contribution in [0.3, 0.4) is 0 Å². The van der Waals surface area contributed by atoms with Crippen LogP contribution in [-0.2, 0) is 6.18 Å². The van der Waals surface area contributed by atoms with Crippen molar-refractivity contribution in [3.8, 4) is 0 Å². The van der Waals surface area contributed by atoms with Gasteiger partial charge in [-0.3, -0.25) is 0 Å². The van der Waals surface area contributed by atoms with Crippen LogP contribution in [-0.4, -0.2) is 0 Å². The fourth-order valence-electron chi connectivity index (χ4n) is 3.30. The molecule has 0 radical (unpaired) electrons.